The third kappa shape index (κ3) is 4.58. The van der Waals surface area contributed by atoms with Gasteiger partial charge in [0.2, 0.25) is 0 Å². The van der Waals surface area contributed by atoms with Crippen molar-refractivity contribution in [3.63, 3.8) is 0 Å². The van der Waals surface area contributed by atoms with Crippen LogP contribution >= 0.6 is 11.6 Å². The van der Waals surface area contributed by atoms with Crippen molar-refractivity contribution < 1.29 is 9.47 Å². The number of halogens is 1. The first-order valence-electron chi connectivity index (χ1n) is 6.13. The Bertz CT molecular complexity index is 355. The summed E-state index contributed by atoms with van der Waals surface area (Å²) >= 11 is 6.14. The molecule has 2 atom stereocenters. The van der Waals surface area contributed by atoms with Gasteiger partial charge in [0.15, 0.2) is 6.29 Å². The van der Waals surface area contributed by atoms with E-state index in [-0.39, 0.29) is 12.3 Å². The van der Waals surface area contributed by atoms with Crippen molar-refractivity contribution in [2.75, 3.05) is 14.2 Å². The van der Waals surface area contributed by atoms with Gasteiger partial charge in [-0.15, -0.1) is 0 Å². The van der Waals surface area contributed by atoms with Gasteiger partial charge >= 0.3 is 0 Å². The van der Waals surface area contributed by atoms with E-state index < -0.39 is 0 Å². The molecular formula is C14H22ClNO2. The standard InChI is InChI=1S/C14H22ClNO2/c1-10(16-11(2)14(17-3)18-4)9-12-7-5-6-8-13(12)15/h5-8,10-11,14,16H,9H2,1-4H3. The average molecular weight is 272 g/mol. The Labute approximate surface area is 114 Å². The Hall–Kier alpha value is -0.610. The lowest BCUT2D eigenvalue weighted by Gasteiger charge is -2.26. The molecule has 4 heteroatoms. The molecule has 0 aliphatic carbocycles. The molecule has 0 saturated heterocycles. The molecule has 0 bridgehead atoms. The molecule has 0 saturated carbocycles. The SMILES string of the molecule is COC(OC)C(C)NC(C)Cc1ccccc1Cl. The van der Waals surface area contributed by atoms with Crippen LogP contribution in [0.1, 0.15) is 19.4 Å². The molecule has 1 N–H and O–H groups in total. The smallest absolute Gasteiger partial charge is 0.171 e. The fourth-order valence-electron chi connectivity index (χ4n) is 2.08. The van der Waals surface area contributed by atoms with E-state index in [1.54, 1.807) is 14.2 Å². The first-order valence-corrected chi connectivity index (χ1v) is 6.51. The van der Waals surface area contributed by atoms with E-state index in [2.05, 4.69) is 18.3 Å². The molecule has 0 radical (unpaired) electrons. The summed E-state index contributed by atoms with van der Waals surface area (Å²) in [4.78, 5) is 0. The molecule has 0 aliphatic rings. The van der Waals surface area contributed by atoms with Gasteiger partial charge < -0.3 is 14.8 Å². The molecule has 1 aromatic rings. The highest BCUT2D eigenvalue weighted by molar-refractivity contribution is 6.31. The zero-order chi connectivity index (χ0) is 13.5. The molecule has 0 aromatic heterocycles. The van der Waals surface area contributed by atoms with Gasteiger partial charge in [0, 0.05) is 25.3 Å². The van der Waals surface area contributed by atoms with Crippen LogP contribution in [0.5, 0.6) is 0 Å². The molecule has 102 valence electrons. The van der Waals surface area contributed by atoms with Crippen LogP contribution < -0.4 is 5.32 Å². The molecule has 3 nitrogen and oxygen atoms in total. The van der Waals surface area contributed by atoms with Gasteiger partial charge in [-0.2, -0.15) is 0 Å². The number of hydrogen-bond acceptors (Lipinski definition) is 3. The molecule has 0 fully saturated rings. The van der Waals surface area contributed by atoms with Crippen LogP contribution in [0.2, 0.25) is 5.02 Å². The van der Waals surface area contributed by atoms with E-state index in [0.29, 0.717) is 6.04 Å². The number of rotatable bonds is 7. The van der Waals surface area contributed by atoms with E-state index in [9.17, 15) is 0 Å². The van der Waals surface area contributed by atoms with Crippen LogP contribution in [0.3, 0.4) is 0 Å². The molecule has 2 unspecified atom stereocenters. The van der Waals surface area contributed by atoms with Gasteiger partial charge in [-0.05, 0) is 31.9 Å². The number of benzene rings is 1. The number of hydrogen-bond donors (Lipinski definition) is 1. The van der Waals surface area contributed by atoms with Gasteiger partial charge in [-0.25, -0.2) is 0 Å². The summed E-state index contributed by atoms with van der Waals surface area (Å²) in [5, 5.41) is 4.26. The first-order chi connectivity index (χ1) is 8.58. The lowest BCUT2D eigenvalue weighted by Crippen LogP contribution is -2.44. The van der Waals surface area contributed by atoms with Crippen molar-refractivity contribution >= 4 is 11.6 Å². The second-order valence-electron chi connectivity index (χ2n) is 4.49. The van der Waals surface area contributed by atoms with Crippen LogP contribution in [0.15, 0.2) is 24.3 Å². The van der Waals surface area contributed by atoms with Gasteiger partial charge in [0.1, 0.15) is 0 Å². The third-order valence-corrected chi connectivity index (χ3v) is 3.27. The highest BCUT2D eigenvalue weighted by Crippen LogP contribution is 2.16. The van der Waals surface area contributed by atoms with Gasteiger partial charge in [0.05, 0.1) is 6.04 Å². The highest BCUT2D eigenvalue weighted by atomic mass is 35.5. The predicted molar refractivity (Wildman–Crippen MR) is 75.0 cm³/mol. The molecule has 0 spiro atoms. The van der Waals surface area contributed by atoms with Crippen molar-refractivity contribution in [1.29, 1.82) is 0 Å². The van der Waals surface area contributed by atoms with Crippen molar-refractivity contribution in [1.82, 2.24) is 5.32 Å². The summed E-state index contributed by atoms with van der Waals surface area (Å²) < 4.78 is 10.5. The summed E-state index contributed by atoms with van der Waals surface area (Å²) in [5.41, 5.74) is 1.15. The summed E-state index contributed by atoms with van der Waals surface area (Å²) in [7, 11) is 3.29. The Balaban J connectivity index is 2.51. The van der Waals surface area contributed by atoms with E-state index in [0.717, 1.165) is 17.0 Å². The Kier molecular flexibility index (Phi) is 6.65. The second kappa shape index (κ2) is 7.74. The predicted octanol–water partition coefficient (Wildman–Crippen LogP) is 2.87. The monoisotopic (exact) mass is 271 g/mol. The van der Waals surface area contributed by atoms with Gasteiger partial charge in [0.25, 0.3) is 0 Å². The van der Waals surface area contributed by atoms with Crippen molar-refractivity contribution in [3.05, 3.63) is 34.9 Å². The topological polar surface area (TPSA) is 30.5 Å². The molecular weight excluding hydrogens is 250 g/mol. The minimum Gasteiger partial charge on any atom is -0.354 e. The number of nitrogens with one attached hydrogen (secondary N) is 1. The molecule has 1 aromatic carbocycles. The van der Waals surface area contributed by atoms with Crippen molar-refractivity contribution in [3.8, 4) is 0 Å². The summed E-state index contributed by atoms with van der Waals surface area (Å²) in [6, 6.07) is 8.34. The van der Waals surface area contributed by atoms with Gasteiger partial charge in [-0.1, -0.05) is 29.8 Å². The zero-order valence-electron chi connectivity index (χ0n) is 11.4. The van der Waals surface area contributed by atoms with E-state index >= 15 is 0 Å². The number of ether oxygens (including phenoxy) is 2. The maximum absolute atomic E-state index is 6.14. The summed E-state index contributed by atoms with van der Waals surface area (Å²) in [6.45, 7) is 4.17. The quantitative estimate of drug-likeness (QED) is 0.774. The third-order valence-electron chi connectivity index (χ3n) is 2.90. The average Bonchev–Trinajstić information content (AvgIpc) is 2.33. The minimum atomic E-state index is -0.237. The van der Waals surface area contributed by atoms with E-state index in [1.807, 2.05) is 25.1 Å². The van der Waals surface area contributed by atoms with Crippen LogP contribution in [0.4, 0.5) is 0 Å². The van der Waals surface area contributed by atoms with Crippen LogP contribution in [0, 0.1) is 0 Å². The molecule has 0 amide bonds. The summed E-state index contributed by atoms with van der Waals surface area (Å²) in [5.74, 6) is 0. The molecule has 0 heterocycles. The van der Waals surface area contributed by atoms with Crippen LogP contribution in [-0.2, 0) is 15.9 Å². The zero-order valence-corrected chi connectivity index (χ0v) is 12.2. The van der Waals surface area contributed by atoms with Crippen LogP contribution in [0.25, 0.3) is 0 Å². The van der Waals surface area contributed by atoms with E-state index in [1.165, 1.54) is 0 Å². The Morgan fingerprint density at radius 3 is 2.33 bits per heavy atom. The largest absolute Gasteiger partial charge is 0.354 e. The van der Waals surface area contributed by atoms with Crippen molar-refractivity contribution in [2.24, 2.45) is 0 Å². The van der Waals surface area contributed by atoms with Crippen molar-refractivity contribution in [2.45, 2.75) is 38.6 Å². The fraction of sp³-hybridized carbons (Fsp3) is 0.571. The fourth-order valence-corrected chi connectivity index (χ4v) is 2.30. The minimum absolute atomic E-state index is 0.123. The summed E-state index contributed by atoms with van der Waals surface area (Å²) in [6.07, 6.45) is 0.642. The van der Waals surface area contributed by atoms with Gasteiger partial charge in [-0.3, -0.25) is 0 Å². The highest BCUT2D eigenvalue weighted by Gasteiger charge is 2.18. The maximum atomic E-state index is 6.14. The second-order valence-corrected chi connectivity index (χ2v) is 4.90. The number of methoxy groups -OCH3 is 2. The van der Waals surface area contributed by atoms with E-state index in [4.69, 9.17) is 21.1 Å². The first kappa shape index (κ1) is 15.4. The molecule has 18 heavy (non-hydrogen) atoms. The molecule has 0 aliphatic heterocycles. The normalized spacial score (nSPS) is 14.8. The maximum Gasteiger partial charge on any atom is 0.171 e. The Morgan fingerprint density at radius 1 is 1.17 bits per heavy atom. The lowest BCUT2D eigenvalue weighted by molar-refractivity contribution is -0.120. The Morgan fingerprint density at radius 2 is 1.78 bits per heavy atom. The van der Waals surface area contributed by atoms with Crippen LogP contribution in [-0.4, -0.2) is 32.6 Å². The molecule has 1 rings (SSSR count). The lowest BCUT2D eigenvalue weighted by atomic mass is 10.1.